The number of fused-ring (bicyclic) bond motifs is 12. The minimum Gasteiger partial charge on any atom is -0.309 e. The number of hydrogen-bond donors (Lipinski definition) is 0. The third-order valence-electron chi connectivity index (χ3n) is 22.1. The first kappa shape index (κ1) is 63.3. The summed E-state index contributed by atoms with van der Waals surface area (Å²) in [6, 6.07) is 138. The molecule has 0 aliphatic heterocycles. The first-order valence-corrected chi connectivity index (χ1v) is 37.1. The molecule has 0 N–H and O–H groups in total. The molecule has 0 aliphatic rings. The van der Waals surface area contributed by atoms with Crippen LogP contribution in [0.4, 0.5) is 0 Å². The molecular weight excluding hydrogens is 1340 g/mol. The van der Waals surface area contributed by atoms with Crippen molar-refractivity contribution in [2.75, 3.05) is 0 Å². The van der Waals surface area contributed by atoms with E-state index < -0.39 is 0 Å². The smallest absolute Gasteiger partial charge is 0.101 e. The van der Waals surface area contributed by atoms with Gasteiger partial charge in [0.05, 0.1) is 89.4 Å². The minimum absolute atomic E-state index is 0.216. The molecule has 0 unspecified atom stereocenters. The van der Waals surface area contributed by atoms with Crippen LogP contribution in [0.3, 0.4) is 0 Å². The Balaban J connectivity index is 0.853. The summed E-state index contributed by atoms with van der Waals surface area (Å²) in [6.07, 6.45) is 0. The number of pyridine rings is 2. The molecule has 0 spiro atoms. The SMILES string of the molecule is N#Cc1cc(-c2cc(-c3ccccc3)nc(-c3ccccc3)c2-n2c3ccccc3c3cccc(-c4ccc(-n5c6ccccc6c6ccccc65)cc4)c32)cc(-c2cc(-c3ccccc3)nc(-c3ccccc3)c2-n2c3ccccc3c3cccc(-c4ccc(-n5c6ccccc6c6ccccc65)cc4)c32)c1C#N. The summed E-state index contributed by atoms with van der Waals surface area (Å²) in [4.78, 5) is 11.7. The number of benzene rings is 15. The molecule has 15 aromatic carbocycles. The van der Waals surface area contributed by atoms with Gasteiger partial charge in [-0.15, -0.1) is 0 Å². The maximum Gasteiger partial charge on any atom is 0.101 e. The van der Waals surface area contributed by atoms with Gasteiger partial charge in [0.15, 0.2) is 0 Å². The maximum atomic E-state index is 12.2. The summed E-state index contributed by atoms with van der Waals surface area (Å²) in [5, 5.41) is 33.3. The van der Waals surface area contributed by atoms with Crippen molar-refractivity contribution in [3.8, 4) is 124 Å². The van der Waals surface area contributed by atoms with Crippen LogP contribution in [0.1, 0.15) is 11.1 Å². The van der Waals surface area contributed by atoms with Crippen molar-refractivity contribution in [3.63, 3.8) is 0 Å². The molecule has 0 aliphatic carbocycles. The lowest BCUT2D eigenvalue weighted by Gasteiger charge is -2.24. The van der Waals surface area contributed by atoms with Gasteiger partial charge in [0.2, 0.25) is 0 Å². The lowest BCUT2D eigenvalue weighted by Crippen LogP contribution is -2.07. The van der Waals surface area contributed by atoms with Crippen molar-refractivity contribution in [2.24, 2.45) is 0 Å². The number of nitriles is 2. The summed E-state index contributed by atoms with van der Waals surface area (Å²) in [6.45, 7) is 0. The highest BCUT2D eigenvalue weighted by Crippen LogP contribution is 2.50. The lowest BCUT2D eigenvalue weighted by atomic mass is 9.87. The average molecular weight is 1400 g/mol. The van der Waals surface area contributed by atoms with E-state index in [9.17, 15) is 10.5 Å². The Kier molecular flexibility index (Phi) is 14.9. The quantitative estimate of drug-likeness (QED) is 0.122. The van der Waals surface area contributed by atoms with Gasteiger partial charge in [-0.1, -0.05) is 291 Å². The largest absolute Gasteiger partial charge is 0.309 e. The van der Waals surface area contributed by atoms with E-state index in [2.05, 4.69) is 352 Å². The molecule has 110 heavy (non-hydrogen) atoms. The van der Waals surface area contributed by atoms with Gasteiger partial charge in [-0.2, -0.15) is 10.5 Å². The summed E-state index contributed by atoms with van der Waals surface area (Å²) >= 11 is 0. The second-order valence-electron chi connectivity index (χ2n) is 28.1. The molecule has 0 radical (unpaired) electrons. The van der Waals surface area contributed by atoms with Crippen LogP contribution in [0.15, 0.2) is 376 Å². The van der Waals surface area contributed by atoms with Crippen molar-refractivity contribution in [1.82, 2.24) is 28.2 Å². The van der Waals surface area contributed by atoms with Crippen LogP contribution < -0.4 is 0 Å². The third kappa shape index (κ3) is 10.1. The Morgan fingerprint density at radius 1 is 0.218 bits per heavy atom. The van der Waals surface area contributed by atoms with Gasteiger partial charge in [-0.05, 0) is 102 Å². The first-order chi connectivity index (χ1) is 54.5. The van der Waals surface area contributed by atoms with E-state index in [4.69, 9.17) is 9.97 Å². The molecule has 0 saturated carbocycles. The average Bonchev–Trinajstić information content (AvgIpc) is 1.41. The van der Waals surface area contributed by atoms with Gasteiger partial charge in [0, 0.05) is 105 Å². The molecule has 6 aromatic heterocycles. The van der Waals surface area contributed by atoms with E-state index in [-0.39, 0.29) is 11.1 Å². The first-order valence-electron chi connectivity index (χ1n) is 37.1. The van der Waals surface area contributed by atoms with Crippen molar-refractivity contribution < 1.29 is 0 Å². The van der Waals surface area contributed by atoms with Gasteiger partial charge in [0.1, 0.15) is 12.1 Å². The van der Waals surface area contributed by atoms with Crippen LogP contribution in [0.5, 0.6) is 0 Å². The van der Waals surface area contributed by atoms with Crippen LogP contribution in [0.25, 0.3) is 200 Å². The summed E-state index contributed by atoms with van der Waals surface area (Å²) < 4.78 is 9.51. The molecule has 0 bridgehead atoms. The predicted molar refractivity (Wildman–Crippen MR) is 452 cm³/mol. The Morgan fingerprint density at radius 2 is 0.536 bits per heavy atom. The summed E-state index contributed by atoms with van der Waals surface area (Å²) in [5.74, 6) is 0. The molecule has 510 valence electrons. The molecule has 21 aromatic rings. The molecule has 21 rings (SSSR count). The Morgan fingerprint density at radius 3 is 0.909 bits per heavy atom. The zero-order valence-corrected chi connectivity index (χ0v) is 59.4. The minimum atomic E-state index is 0.216. The predicted octanol–water partition coefficient (Wildman–Crippen LogP) is 25.9. The van der Waals surface area contributed by atoms with E-state index >= 15 is 0 Å². The number of rotatable bonds is 12. The molecule has 0 atom stereocenters. The topological polar surface area (TPSA) is 93.1 Å². The van der Waals surface area contributed by atoms with E-state index in [1.54, 1.807) is 0 Å². The van der Waals surface area contributed by atoms with Gasteiger partial charge >= 0.3 is 0 Å². The fraction of sp³-hybridized carbons (Fsp3) is 0. The van der Waals surface area contributed by atoms with Crippen LogP contribution in [-0.2, 0) is 0 Å². The van der Waals surface area contributed by atoms with Crippen molar-refractivity contribution in [1.29, 1.82) is 10.5 Å². The normalized spacial score (nSPS) is 11.6. The lowest BCUT2D eigenvalue weighted by molar-refractivity contribution is 1.14. The van der Waals surface area contributed by atoms with Gasteiger partial charge < -0.3 is 18.3 Å². The van der Waals surface area contributed by atoms with E-state index in [1.165, 1.54) is 21.5 Å². The number of hydrogen-bond acceptors (Lipinski definition) is 4. The molecule has 0 amide bonds. The molecule has 8 nitrogen and oxygen atoms in total. The van der Waals surface area contributed by atoms with Gasteiger partial charge in [-0.3, -0.25) is 0 Å². The third-order valence-corrected chi connectivity index (χ3v) is 22.1. The molecule has 8 heteroatoms. The zero-order chi connectivity index (χ0) is 72.9. The van der Waals surface area contributed by atoms with Crippen LogP contribution in [0.2, 0.25) is 0 Å². The summed E-state index contributed by atoms with van der Waals surface area (Å²) in [7, 11) is 0. The van der Waals surface area contributed by atoms with Crippen LogP contribution in [-0.4, -0.2) is 28.2 Å². The van der Waals surface area contributed by atoms with Crippen LogP contribution in [0, 0.1) is 22.7 Å². The number of para-hydroxylation sites is 8. The van der Waals surface area contributed by atoms with Crippen molar-refractivity contribution in [3.05, 3.63) is 387 Å². The highest BCUT2D eigenvalue weighted by Gasteiger charge is 2.30. The molecular formula is C102H62N8. The fourth-order valence-corrected chi connectivity index (χ4v) is 17.2. The standard InChI is InChI=1S/C102H62N8/c103-63-72-59-71(85-61-89(67-27-5-1-6-28-67)105-97(69-31-9-3-10-32-69)101(85)109-95-49-23-17-39-81(95)83-43-25-41-75(99(83)109)65-51-55-73(56-52-65)107-91-45-19-13-35-77(91)78-36-14-20-46-92(78)107)60-86(88(72)64-104)87-62-90(68-29-7-2-8-30-68)106-98(70-33-11-4-12-34-70)102(87)110-96-50-24-18-40-82(96)84-44-26-42-76(100(84)110)66-53-57-74(58-54-66)108-93-47-21-15-37-79(93)80-38-16-22-48-94(80)108/h1-62H. The van der Waals surface area contributed by atoms with Crippen molar-refractivity contribution >= 4 is 87.2 Å². The summed E-state index contributed by atoms with van der Waals surface area (Å²) in [5.41, 5.74) is 25.8. The second kappa shape index (κ2) is 25.8. The highest BCUT2D eigenvalue weighted by atomic mass is 15.0. The van der Waals surface area contributed by atoms with E-state index in [1.807, 2.05) is 54.6 Å². The monoisotopic (exact) mass is 1400 g/mol. The number of aromatic nitrogens is 6. The Bertz CT molecular complexity index is 7270. The maximum absolute atomic E-state index is 12.2. The molecule has 0 fully saturated rings. The second-order valence-corrected chi connectivity index (χ2v) is 28.1. The van der Waals surface area contributed by atoms with E-state index in [0.29, 0.717) is 28.1 Å². The van der Waals surface area contributed by atoms with Crippen molar-refractivity contribution in [2.45, 2.75) is 0 Å². The molecule has 6 heterocycles. The Labute approximate surface area is 633 Å². The van der Waals surface area contributed by atoms with Gasteiger partial charge in [-0.25, -0.2) is 9.97 Å². The van der Waals surface area contributed by atoms with Crippen LogP contribution >= 0.6 is 0 Å². The Hall–Kier alpha value is -15.2. The zero-order valence-electron chi connectivity index (χ0n) is 59.4. The van der Waals surface area contributed by atoms with E-state index in [0.717, 1.165) is 150 Å². The number of nitrogens with zero attached hydrogens (tertiary/aromatic N) is 8. The van der Waals surface area contributed by atoms with Gasteiger partial charge in [0.25, 0.3) is 0 Å². The fourth-order valence-electron chi connectivity index (χ4n) is 17.2. The highest BCUT2D eigenvalue weighted by molar-refractivity contribution is 6.18. The molecule has 0 saturated heterocycles.